The van der Waals surface area contributed by atoms with Crippen molar-refractivity contribution in [1.82, 2.24) is 19.9 Å². The van der Waals surface area contributed by atoms with Crippen molar-refractivity contribution >= 4 is 46.4 Å². The molecule has 0 unspecified atom stereocenters. The second-order valence-corrected chi connectivity index (χ2v) is 9.16. The lowest BCUT2D eigenvalue weighted by atomic mass is 10.1. The Morgan fingerprint density at radius 3 is 2.43 bits per heavy atom. The number of benzene rings is 3. The van der Waals surface area contributed by atoms with Crippen molar-refractivity contribution in [2.45, 2.75) is 6.42 Å². The van der Waals surface area contributed by atoms with Crippen LogP contribution in [0.4, 0.5) is 0 Å². The van der Waals surface area contributed by atoms with E-state index < -0.39 is 0 Å². The highest BCUT2D eigenvalue weighted by Crippen LogP contribution is 2.30. The van der Waals surface area contributed by atoms with Gasteiger partial charge in [-0.2, -0.15) is 5.10 Å². The van der Waals surface area contributed by atoms with Crippen LogP contribution in [0.15, 0.2) is 85.1 Å². The van der Waals surface area contributed by atoms with Crippen LogP contribution in [0.1, 0.15) is 15.9 Å². The van der Waals surface area contributed by atoms with Crippen molar-refractivity contribution in [3.63, 3.8) is 0 Å². The Morgan fingerprint density at radius 2 is 1.66 bits per heavy atom. The maximum absolute atomic E-state index is 13.3. The van der Waals surface area contributed by atoms with E-state index in [1.807, 2.05) is 66.7 Å². The van der Waals surface area contributed by atoms with Crippen LogP contribution in [0.2, 0.25) is 15.1 Å². The van der Waals surface area contributed by atoms with E-state index >= 15 is 0 Å². The molecular formula is C27H19Cl3N4O. The molecule has 5 nitrogen and oxygen atoms in total. The molecule has 0 fully saturated rings. The van der Waals surface area contributed by atoms with E-state index in [0.29, 0.717) is 50.6 Å². The first-order chi connectivity index (χ1) is 17.0. The van der Waals surface area contributed by atoms with Crippen molar-refractivity contribution in [3.8, 4) is 22.5 Å². The van der Waals surface area contributed by atoms with Gasteiger partial charge in [-0.05, 0) is 30.2 Å². The smallest absolute Gasteiger partial charge is 0.255 e. The van der Waals surface area contributed by atoms with Gasteiger partial charge in [0.25, 0.3) is 5.91 Å². The lowest BCUT2D eigenvalue weighted by molar-refractivity contribution is 0.0954. The van der Waals surface area contributed by atoms with Crippen LogP contribution in [-0.2, 0) is 6.42 Å². The Kier molecular flexibility index (Phi) is 6.73. The summed E-state index contributed by atoms with van der Waals surface area (Å²) in [5.74, 6) is -0.252. The average Bonchev–Trinajstić information content (AvgIpc) is 3.29. The van der Waals surface area contributed by atoms with Gasteiger partial charge in [-0.25, -0.2) is 9.50 Å². The summed E-state index contributed by atoms with van der Waals surface area (Å²) in [6, 6.07) is 24.3. The van der Waals surface area contributed by atoms with Gasteiger partial charge in [0.1, 0.15) is 0 Å². The van der Waals surface area contributed by atoms with E-state index in [9.17, 15) is 4.79 Å². The summed E-state index contributed by atoms with van der Waals surface area (Å²) in [5, 5.41) is 9.49. The number of fused-ring (bicyclic) bond motifs is 1. The summed E-state index contributed by atoms with van der Waals surface area (Å²) in [6.45, 7) is 0.399. The van der Waals surface area contributed by atoms with Gasteiger partial charge in [-0.15, -0.1) is 0 Å². The van der Waals surface area contributed by atoms with Crippen LogP contribution < -0.4 is 5.32 Å². The van der Waals surface area contributed by atoms with Gasteiger partial charge in [-0.1, -0.05) is 89.4 Å². The van der Waals surface area contributed by atoms with Crippen molar-refractivity contribution < 1.29 is 4.79 Å². The SMILES string of the molecule is O=C(NCCc1ccc(Cl)cc1Cl)c1cnc2cc(-c3ccccc3Cl)nn2c1-c1ccccc1. The molecule has 35 heavy (non-hydrogen) atoms. The quantitative estimate of drug-likeness (QED) is 0.262. The van der Waals surface area contributed by atoms with Gasteiger partial charge >= 0.3 is 0 Å². The fourth-order valence-corrected chi connectivity index (χ4v) is 4.64. The maximum atomic E-state index is 13.3. The summed E-state index contributed by atoms with van der Waals surface area (Å²) >= 11 is 18.6. The van der Waals surface area contributed by atoms with Gasteiger partial charge in [-0.3, -0.25) is 4.79 Å². The zero-order chi connectivity index (χ0) is 24.4. The highest BCUT2D eigenvalue weighted by atomic mass is 35.5. The van der Waals surface area contributed by atoms with Gasteiger partial charge in [0.05, 0.1) is 22.0 Å². The Morgan fingerprint density at radius 1 is 0.886 bits per heavy atom. The Hall–Kier alpha value is -3.38. The number of nitrogens with one attached hydrogen (secondary N) is 1. The summed E-state index contributed by atoms with van der Waals surface area (Å²) < 4.78 is 1.69. The summed E-state index contributed by atoms with van der Waals surface area (Å²) in [5.41, 5.74) is 4.91. The number of hydrogen-bond acceptors (Lipinski definition) is 3. The zero-order valence-electron chi connectivity index (χ0n) is 18.4. The van der Waals surface area contributed by atoms with Gasteiger partial charge in [0.2, 0.25) is 0 Å². The molecule has 2 heterocycles. The Labute approximate surface area is 217 Å². The molecule has 5 aromatic rings. The molecule has 0 saturated heterocycles. The molecular weight excluding hydrogens is 503 g/mol. The predicted molar refractivity (Wildman–Crippen MR) is 141 cm³/mol. The molecule has 0 atom stereocenters. The van der Waals surface area contributed by atoms with Gasteiger partial charge in [0.15, 0.2) is 5.65 Å². The van der Waals surface area contributed by atoms with Crippen LogP contribution in [0, 0.1) is 0 Å². The number of aromatic nitrogens is 3. The molecule has 0 aliphatic heterocycles. The van der Waals surface area contributed by atoms with E-state index in [-0.39, 0.29) is 5.91 Å². The monoisotopic (exact) mass is 520 g/mol. The number of halogens is 3. The zero-order valence-corrected chi connectivity index (χ0v) is 20.6. The van der Waals surface area contributed by atoms with Gasteiger partial charge < -0.3 is 5.32 Å². The van der Waals surface area contributed by atoms with E-state index in [0.717, 1.165) is 16.7 Å². The fraction of sp³-hybridized carbons (Fsp3) is 0.0741. The first-order valence-corrected chi connectivity index (χ1v) is 12.1. The minimum absolute atomic E-state index is 0.252. The molecule has 0 radical (unpaired) electrons. The standard InChI is InChI=1S/C27H19Cl3N4O/c28-19-11-10-17(23(30)14-19)12-13-31-27(35)21-16-32-25-15-24(20-8-4-5-9-22(20)29)33-34(25)26(21)18-6-2-1-3-7-18/h1-11,14-16H,12-13H2,(H,31,35). The largest absolute Gasteiger partial charge is 0.352 e. The number of amides is 1. The highest BCUT2D eigenvalue weighted by molar-refractivity contribution is 6.35. The van der Waals surface area contributed by atoms with E-state index in [4.69, 9.17) is 39.9 Å². The number of carbonyl (C=O) groups excluding carboxylic acids is 1. The molecule has 174 valence electrons. The number of carbonyl (C=O) groups is 1. The number of rotatable bonds is 6. The molecule has 0 saturated carbocycles. The summed E-state index contributed by atoms with van der Waals surface area (Å²) in [4.78, 5) is 17.8. The summed E-state index contributed by atoms with van der Waals surface area (Å²) in [6.07, 6.45) is 2.15. The van der Waals surface area contributed by atoms with E-state index in [1.165, 1.54) is 0 Å². The molecule has 3 aromatic carbocycles. The number of hydrogen-bond donors (Lipinski definition) is 1. The second-order valence-electron chi connectivity index (χ2n) is 7.91. The third kappa shape index (κ3) is 4.89. The molecule has 0 bridgehead atoms. The molecule has 5 rings (SSSR count). The molecule has 0 aliphatic rings. The summed E-state index contributed by atoms with van der Waals surface area (Å²) in [7, 11) is 0. The fourth-order valence-electron chi connectivity index (χ4n) is 3.90. The lowest BCUT2D eigenvalue weighted by Gasteiger charge is -2.12. The van der Waals surface area contributed by atoms with Gasteiger partial charge in [0, 0.05) is 40.0 Å². The van der Waals surface area contributed by atoms with Crippen molar-refractivity contribution in [2.24, 2.45) is 0 Å². The van der Waals surface area contributed by atoms with Crippen LogP contribution >= 0.6 is 34.8 Å². The molecule has 1 N–H and O–H groups in total. The predicted octanol–water partition coefficient (Wildman–Crippen LogP) is 7.00. The number of nitrogens with zero attached hydrogens (tertiary/aromatic N) is 3. The Balaban J connectivity index is 1.50. The van der Waals surface area contributed by atoms with Crippen LogP contribution in [0.3, 0.4) is 0 Å². The third-order valence-electron chi connectivity index (χ3n) is 5.62. The van der Waals surface area contributed by atoms with Crippen molar-refractivity contribution in [3.05, 3.63) is 111 Å². The van der Waals surface area contributed by atoms with E-state index in [1.54, 1.807) is 22.8 Å². The minimum atomic E-state index is -0.252. The van der Waals surface area contributed by atoms with E-state index in [2.05, 4.69) is 10.3 Å². The topological polar surface area (TPSA) is 59.3 Å². The van der Waals surface area contributed by atoms with Crippen molar-refractivity contribution in [2.75, 3.05) is 6.54 Å². The second kappa shape index (κ2) is 10.1. The highest BCUT2D eigenvalue weighted by Gasteiger charge is 2.20. The molecule has 1 amide bonds. The average molecular weight is 522 g/mol. The molecule has 0 aliphatic carbocycles. The minimum Gasteiger partial charge on any atom is -0.352 e. The third-order valence-corrected chi connectivity index (χ3v) is 6.54. The first-order valence-electron chi connectivity index (χ1n) is 10.9. The lowest BCUT2D eigenvalue weighted by Crippen LogP contribution is -2.27. The van der Waals surface area contributed by atoms with Crippen LogP contribution in [0.25, 0.3) is 28.2 Å². The van der Waals surface area contributed by atoms with Crippen LogP contribution in [0.5, 0.6) is 0 Å². The first kappa shape index (κ1) is 23.4. The normalized spacial score (nSPS) is 11.1. The molecule has 2 aromatic heterocycles. The van der Waals surface area contributed by atoms with Crippen molar-refractivity contribution in [1.29, 1.82) is 0 Å². The molecule has 8 heteroatoms. The molecule has 0 spiro atoms. The van der Waals surface area contributed by atoms with Crippen LogP contribution in [-0.4, -0.2) is 27.0 Å². The Bertz CT molecular complexity index is 1530. The maximum Gasteiger partial charge on any atom is 0.255 e.